The molecule has 0 radical (unpaired) electrons. The number of hydrogen-bond donors (Lipinski definition) is 2. The Hall–Kier alpha value is -1.84. The van der Waals surface area contributed by atoms with Gasteiger partial charge in [0, 0.05) is 16.8 Å². The lowest BCUT2D eigenvalue weighted by molar-refractivity contribution is -0.115. The van der Waals surface area contributed by atoms with E-state index in [0.29, 0.717) is 5.13 Å². The van der Waals surface area contributed by atoms with Crippen molar-refractivity contribution in [2.24, 2.45) is 0 Å². The molecule has 0 bridgehead atoms. The molecule has 3 aromatic heterocycles. The molecular formula is C15H20N6OS2. The molecule has 3 heterocycles. The standard InChI is InChI=1S/C15H20N6OS2/c1-9(10-6-21-14(18-10)24-8-17-21)16-5-12(22)20-13-19-11(7-23-13)15(2,3)4/h6-9,16H,5H2,1-4H3,(H,19,20,22)/t9-/m0/s1. The number of imidazole rings is 1. The summed E-state index contributed by atoms with van der Waals surface area (Å²) in [7, 11) is 0. The minimum Gasteiger partial charge on any atom is -0.301 e. The van der Waals surface area contributed by atoms with Crippen molar-refractivity contribution in [3.8, 4) is 0 Å². The van der Waals surface area contributed by atoms with Crippen molar-refractivity contribution in [2.45, 2.75) is 39.2 Å². The Kier molecular flexibility index (Phi) is 4.66. The van der Waals surface area contributed by atoms with Crippen molar-refractivity contribution < 1.29 is 4.79 Å². The van der Waals surface area contributed by atoms with Crippen molar-refractivity contribution >= 4 is 38.7 Å². The second kappa shape index (κ2) is 6.58. The highest BCUT2D eigenvalue weighted by molar-refractivity contribution is 7.14. The molecule has 0 saturated heterocycles. The molecule has 7 nitrogen and oxygen atoms in total. The third-order valence-electron chi connectivity index (χ3n) is 3.54. The molecule has 0 spiro atoms. The summed E-state index contributed by atoms with van der Waals surface area (Å²) in [5.74, 6) is -0.115. The molecule has 0 aliphatic rings. The molecule has 24 heavy (non-hydrogen) atoms. The summed E-state index contributed by atoms with van der Waals surface area (Å²) in [6.07, 6.45) is 1.87. The molecule has 2 N–H and O–H groups in total. The average molecular weight is 365 g/mol. The van der Waals surface area contributed by atoms with E-state index >= 15 is 0 Å². The first kappa shape index (κ1) is 17.0. The molecule has 0 aliphatic carbocycles. The summed E-state index contributed by atoms with van der Waals surface area (Å²) in [5, 5.41) is 12.8. The Labute approximate surface area is 148 Å². The Morgan fingerprint density at radius 3 is 2.79 bits per heavy atom. The van der Waals surface area contributed by atoms with Gasteiger partial charge in [0.15, 0.2) is 5.13 Å². The lowest BCUT2D eigenvalue weighted by atomic mass is 9.93. The first-order valence-electron chi connectivity index (χ1n) is 7.61. The molecule has 128 valence electrons. The zero-order chi connectivity index (χ0) is 17.3. The van der Waals surface area contributed by atoms with Crippen molar-refractivity contribution in [1.82, 2.24) is 24.9 Å². The van der Waals surface area contributed by atoms with Crippen molar-refractivity contribution in [2.75, 3.05) is 11.9 Å². The molecule has 3 rings (SSSR count). The highest BCUT2D eigenvalue weighted by Crippen LogP contribution is 2.26. The van der Waals surface area contributed by atoms with Gasteiger partial charge >= 0.3 is 0 Å². The summed E-state index contributed by atoms with van der Waals surface area (Å²) in [4.78, 5) is 21.9. The minimum atomic E-state index is -0.115. The van der Waals surface area contributed by atoms with Crippen LogP contribution >= 0.6 is 22.7 Å². The number of anilines is 1. The summed E-state index contributed by atoms with van der Waals surface area (Å²) in [6, 6.07) is -0.0360. The number of nitrogens with zero attached hydrogens (tertiary/aromatic N) is 4. The van der Waals surface area contributed by atoms with E-state index in [1.807, 2.05) is 18.5 Å². The monoisotopic (exact) mass is 364 g/mol. The van der Waals surface area contributed by atoms with Gasteiger partial charge in [-0.2, -0.15) is 5.10 Å². The topological polar surface area (TPSA) is 84.2 Å². The van der Waals surface area contributed by atoms with E-state index in [9.17, 15) is 4.79 Å². The van der Waals surface area contributed by atoms with Crippen LogP contribution in [0.5, 0.6) is 0 Å². The number of fused-ring (bicyclic) bond motifs is 1. The number of rotatable bonds is 5. The Morgan fingerprint density at radius 1 is 1.33 bits per heavy atom. The van der Waals surface area contributed by atoms with Gasteiger partial charge in [-0.05, 0) is 6.92 Å². The van der Waals surface area contributed by atoms with Crippen LogP contribution in [0.4, 0.5) is 5.13 Å². The fourth-order valence-electron chi connectivity index (χ4n) is 2.05. The van der Waals surface area contributed by atoms with Gasteiger partial charge in [0.25, 0.3) is 0 Å². The number of thiazole rings is 1. The lowest BCUT2D eigenvalue weighted by Crippen LogP contribution is -2.30. The van der Waals surface area contributed by atoms with Gasteiger partial charge in [-0.1, -0.05) is 32.1 Å². The van der Waals surface area contributed by atoms with Gasteiger partial charge in [-0.15, -0.1) is 11.3 Å². The van der Waals surface area contributed by atoms with Crippen LogP contribution in [0.1, 0.15) is 45.1 Å². The fraction of sp³-hybridized carbons (Fsp3) is 0.467. The smallest absolute Gasteiger partial charge is 0.240 e. The maximum atomic E-state index is 12.1. The van der Waals surface area contributed by atoms with Gasteiger partial charge in [0.05, 0.1) is 24.1 Å². The SMILES string of the molecule is C[C@H](NCC(=O)Nc1nc(C(C)(C)C)cs1)c1cn2ncsc2n1. The van der Waals surface area contributed by atoms with Crippen molar-refractivity contribution in [1.29, 1.82) is 0 Å². The van der Waals surface area contributed by atoms with Gasteiger partial charge in [-0.25, -0.2) is 14.5 Å². The Balaban J connectivity index is 1.53. The highest BCUT2D eigenvalue weighted by Gasteiger charge is 2.18. The molecule has 9 heteroatoms. The maximum Gasteiger partial charge on any atom is 0.240 e. The molecule has 0 fully saturated rings. The first-order chi connectivity index (χ1) is 11.3. The Bertz CT molecular complexity index is 815. The van der Waals surface area contributed by atoms with Crippen LogP contribution in [0, 0.1) is 0 Å². The van der Waals surface area contributed by atoms with Crippen LogP contribution in [0.15, 0.2) is 17.1 Å². The lowest BCUT2D eigenvalue weighted by Gasteiger charge is -2.14. The van der Waals surface area contributed by atoms with E-state index in [-0.39, 0.29) is 23.9 Å². The zero-order valence-corrected chi connectivity index (χ0v) is 15.7. The van der Waals surface area contributed by atoms with Crippen LogP contribution in [-0.4, -0.2) is 32.0 Å². The van der Waals surface area contributed by atoms with Crippen LogP contribution in [0.3, 0.4) is 0 Å². The van der Waals surface area contributed by atoms with E-state index in [2.05, 4.69) is 46.5 Å². The van der Waals surface area contributed by atoms with Gasteiger partial charge in [-0.3, -0.25) is 4.79 Å². The highest BCUT2D eigenvalue weighted by atomic mass is 32.1. The van der Waals surface area contributed by atoms with E-state index in [1.165, 1.54) is 22.7 Å². The summed E-state index contributed by atoms with van der Waals surface area (Å²) >= 11 is 2.93. The number of carbonyl (C=O) groups excluding carboxylic acids is 1. The molecule has 0 saturated carbocycles. The second-order valence-corrected chi connectivity index (χ2v) is 8.24. The molecule has 3 aromatic rings. The zero-order valence-electron chi connectivity index (χ0n) is 14.0. The molecule has 0 unspecified atom stereocenters. The molecular weight excluding hydrogens is 344 g/mol. The molecule has 1 amide bonds. The van der Waals surface area contributed by atoms with Crippen LogP contribution in [-0.2, 0) is 10.2 Å². The van der Waals surface area contributed by atoms with E-state index in [1.54, 1.807) is 10.0 Å². The third-order valence-corrected chi connectivity index (χ3v) is 4.98. The van der Waals surface area contributed by atoms with Crippen LogP contribution < -0.4 is 10.6 Å². The van der Waals surface area contributed by atoms with Crippen LogP contribution in [0.2, 0.25) is 0 Å². The first-order valence-corrected chi connectivity index (χ1v) is 9.37. The van der Waals surface area contributed by atoms with Gasteiger partial charge in [0.1, 0.15) is 5.51 Å². The van der Waals surface area contributed by atoms with E-state index in [0.717, 1.165) is 16.3 Å². The summed E-state index contributed by atoms with van der Waals surface area (Å²) in [5.41, 5.74) is 3.58. The molecule has 0 aromatic carbocycles. The van der Waals surface area contributed by atoms with Crippen LogP contribution in [0.25, 0.3) is 4.96 Å². The number of nitrogens with one attached hydrogen (secondary N) is 2. The summed E-state index contributed by atoms with van der Waals surface area (Å²) < 4.78 is 1.74. The quantitative estimate of drug-likeness (QED) is 0.727. The molecule has 1 atom stereocenters. The largest absolute Gasteiger partial charge is 0.301 e. The van der Waals surface area contributed by atoms with E-state index in [4.69, 9.17) is 0 Å². The number of amides is 1. The maximum absolute atomic E-state index is 12.1. The number of aromatic nitrogens is 4. The minimum absolute atomic E-state index is 0.0196. The van der Waals surface area contributed by atoms with Gasteiger partial charge in [0.2, 0.25) is 10.9 Å². The average Bonchev–Trinajstić information content (AvgIpc) is 3.18. The fourth-order valence-corrected chi connectivity index (χ4v) is 3.62. The van der Waals surface area contributed by atoms with Crippen molar-refractivity contribution in [3.05, 3.63) is 28.5 Å². The predicted molar refractivity (Wildman–Crippen MR) is 96.7 cm³/mol. The molecule has 0 aliphatic heterocycles. The second-order valence-electron chi connectivity index (χ2n) is 6.57. The predicted octanol–water partition coefficient (Wildman–Crippen LogP) is 2.83. The normalized spacial score (nSPS) is 13.3. The third kappa shape index (κ3) is 3.80. The van der Waals surface area contributed by atoms with Crippen molar-refractivity contribution in [3.63, 3.8) is 0 Å². The van der Waals surface area contributed by atoms with E-state index < -0.39 is 0 Å². The number of carbonyl (C=O) groups is 1. The summed E-state index contributed by atoms with van der Waals surface area (Å²) in [6.45, 7) is 8.47. The van der Waals surface area contributed by atoms with Gasteiger partial charge < -0.3 is 10.6 Å². The number of hydrogen-bond acceptors (Lipinski definition) is 7. The Morgan fingerprint density at radius 2 is 2.12 bits per heavy atom.